The highest BCUT2D eigenvalue weighted by Crippen LogP contribution is 2.07. The number of methoxy groups -OCH3 is 1. The minimum absolute atomic E-state index is 0.0367. The van der Waals surface area contributed by atoms with Crippen molar-refractivity contribution in [1.82, 2.24) is 14.5 Å². The van der Waals surface area contributed by atoms with Gasteiger partial charge in [0, 0.05) is 26.5 Å². The first-order valence-electron chi connectivity index (χ1n) is 6.18. The molecule has 0 radical (unpaired) electrons. The Labute approximate surface area is 117 Å². The summed E-state index contributed by atoms with van der Waals surface area (Å²) in [6, 6.07) is 0. The number of ether oxygens (including phenoxy) is 1. The van der Waals surface area contributed by atoms with Gasteiger partial charge in [-0.1, -0.05) is 0 Å². The number of aliphatic carboxylic acids is 1. The van der Waals surface area contributed by atoms with E-state index in [0.717, 1.165) is 6.42 Å². The molecule has 0 saturated heterocycles. The van der Waals surface area contributed by atoms with E-state index in [1.165, 1.54) is 17.1 Å². The normalized spacial score (nSPS) is 11.7. The Hall–Kier alpha value is -1.45. The van der Waals surface area contributed by atoms with Crippen molar-refractivity contribution < 1.29 is 23.1 Å². The molecule has 114 valence electrons. The molecule has 1 rings (SSSR count). The van der Waals surface area contributed by atoms with Crippen molar-refractivity contribution in [3.8, 4) is 0 Å². The van der Waals surface area contributed by atoms with Crippen LogP contribution in [-0.2, 0) is 26.1 Å². The van der Waals surface area contributed by atoms with Crippen LogP contribution >= 0.6 is 0 Å². The van der Waals surface area contributed by atoms with Gasteiger partial charge in [0.05, 0.1) is 19.2 Å². The molecule has 0 aliphatic heterocycles. The monoisotopic (exact) mass is 305 g/mol. The highest BCUT2D eigenvalue weighted by atomic mass is 32.2. The summed E-state index contributed by atoms with van der Waals surface area (Å²) in [5.74, 6) is -0.957. The molecule has 0 atom stereocenters. The largest absolute Gasteiger partial charge is 0.481 e. The summed E-state index contributed by atoms with van der Waals surface area (Å²) in [4.78, 5) is 10.5. The SMILES string of the molecule is COCCCCNS(=O)(=O)c1cnn(CCC(=O)O)c1. The Morgan fingerprint density at radius 1 is 1.50 bits per heavy atom. The average Bonchev–Trinajstić information content (AvgIpc) is 2.85. The Morgan fingerprint density at radius 2 is 2.25 bits per heavy atom. The molecule has 0 amide bonds. The summed E-state index contributed by atoms with van der Waals surface area (Å²) < 4.78 is 32.4. The van der Waals surface area contributed by atoms with Crippen molar-refractivity contribution in [3.05, 3.63) is 12.4 Å². The standard InChI is InChI=1S/C11H19N3O5S/c1-19-7-3-2-5-13-20(17,18)10-8-12-14(9-10)6-4-11(15)16/h8-9,13H,2-7H2,1H3,(H,15,16). The van der Waals surface area contributed by atoms with Gasteiger partial charge in [-0.05, 0) is 12.8 Å². The summed E-state index contributed by atoms with van der Waals surface area (Å²) in [5.41, 5.74) is 0. The number of aromatic nitrogens is 2. The van der Waals surface area contributed by atoms with Crippen LogP contribution in [-0.4, -0.2) is 49.5 Å². The van der Waals surface area contributed by atoms with E-state index < -0.39 is 16.0 Å². The van der Waals surface area contributed by atoms with E-state index in [9.17, 15) is 13.2 Å². The van der Waals surface area contributed by atoms with Crippen molar-refractivity contribution in [2.75, 3.05) is 20.3 Å². The lowest BCUT2D eigenvalue weighted by Gasteiger charge is -2.04. The van der Waals surface area contributed by atoms with Gasteiger partial charge >= 0.3 is 5.97 Å². The molecule has 8 nitrogen and oxygen atoms in total. The molecule has 2 N–H and O–H groups in total. The lowest BCUT2D eigenvalue weighted by Crippen LogP contribution is -2.24. The van der Waals surface area contributed by atoms with E-state index in [1.54, 1.807) is 7.11 Å². The highest BCUT2D eigenvalue weighted by Gasteiger charge is 2.15. The topological polar surface area (TPSA) is 111 Å². The van der Waals surface area contributed by atoms with Gasteiger partial charge < -0.3 is 9.84 Å². The number of hydrogen-bond acceptors (Lipinski definition) is 5. The summed E-state index contributed by atoms with van der Waals surface area (Å²) in [5, 5.41) is 12.4. The third kappa shape index (κ3) is 5.68. The third-order valence-electron chi connectivity index (χ3n) is 2.54. The molecule has 0 unspecified atom stereocenters. The summed E-state index contributed by atoms with van der Waals surface area (Å²) in [7, 11) is -1.99. The number of carboxylic acids is 1. The molecular formula is C11H19N3O5S. The number of carboxylic acid groups (broad SMARTS) is 1. The predicted octanol–water partition coefficient (Wildman–Crippen LogP) is 0.0627. The highest BCUT2D eigenvalue weighted by molar-refractivity contribution is 7.89. The van der Waals surface area contributed by atoms with E-state index in [1.807, 2.05) is 0 Å². The van der Waals surface area contributed by atoms with Gasteiger partial charge in [0.1, 0.15) is 4.90 Å². The summed E-state index contributed by atoms with van der Waals surface area (Å²) in [6.45, 7) is 1.06. The van der Waals surface area contributed by atoms with Crippen molar-refractivity contribution in [3.63, 3.8) is 0 Å². The molecule has 0 bridgehead atoms. The van der Waals surface area contributed by atoms with Crippen LogP contribution in [0.15, 0.2) is 17.3 Å². The van der Waals surface area contributed by atoms with Crippen LogP contribution in [0, 0.1) is 0 Å². The molecule has 0 aliphatic rings. The van der Waals surface area contributed by atoms with Crippen LogP contribution in [0.25, 0.3) is 0 Å². The lowest BCUT2D eigenvalue weighted by atomic mass is 10.3. The average molecular weight is 305 g/mol. The number of sulfonamides is 1. The Kier molecular flexibility index (Phi) is 6.62. The van der Waals surface area contributed by atoms with Crippen molar-refractivity contribution in [1.29, 1.82) is 0 Å². The van der Waals surface area contributed by atoms with Crippen molar-refractivity contribution in [2.24, 2.45) is 0 Å². The first-order valence-corrected chi connectivity index (χ1v) is 7.67. The van der Waals surface area contributed by atoms with Gasteiger partial charge in [-0.3, -0.25) is 9.48 Å². The molecule has 0 aromatic carbocycles. The fourth-order valence-electron chi connectivity index (χ4n) is 1.48. The molecule has 0 saturated carbocycles. The minimum atomic E-state index is -3.59. The summed E-state index contributed by atoms with van der Waals surface area (Å²) in [6.07, 6.45) is 3.88. The minimum Gasteiger partial charge on any atom is -0.481 e. The van der Waals surface area contributed by atoms with E-state index in [-0.39, 0.29) is 17.9 Å². The van der Waals surface area contributed by atoms with E-state index >= 15 is 0 Å². The maximum atomic E-state index is 11.9. The van der Waals surface area contributed by atoms with Gasteiger partial charge in [0.2, 0.25) is 10.0 Å². The van der Waals surface area contributed by atoms with Crippen LogP contribution in [0.5, 0.6) is 0 Å². The van der Waals surface area contributed by atoms with Gasteiger partial charge in [-0.25, -0.2) is 13.1 Å². The lowest BCUT2D eigenvalue weighted by molar-refractivity contribution is -0.137. The number of aryl methyl sites for hydroxylation is 1. The second-order valence-corrected chi connectivity index (χ2v) is 5.95. The van der Waals surface area contributed by atoms with Crippen LogP contribution in [0.2, 0.25) is 0 Å². The number of unbranched alkanes of at least 4 members (excludes halogenated alkanes) is 1. The first kappa shape index (κ1) is 16.6. The number of rotatable bonds is 10. The van der Waals surface area contributed by atoms with Crippen molar-refractivity contribution >= 4 is 16.0 Å². The molecule has 1 aromatic heterocycles. The molecule has 20 heavy (non-hydrogen) atoms. The maximum absolute atomic E-state index is 11.9. The molecule has 0 aliphatic carbocycles. The molecule has 0 spiro atoms. The van der Waals surface area contributed by atoms with Gasteiger partial charge in [-0.15, -0.1) is 0 Å². The first-order chi connectivity index (χ1) is 9.45. The third-order valence-corrected chi connectivity index (χ3v) is 3.96. The zero-order chi connectivity index (χ0) is 15.0. The number of nitrogens with one attached hydrogen (secondary N) is 1. The van der Waals surface area contributed by atoms with Gasteiger partial charge in [0.15, 0.2) is 0 Å². The second-order valence-electron chi connectivity index (χ2n) is 4.18. The Bertz CT molecular complexity index is 526. The number of carbonyl (C=O) groups is 1. The number of nitrogens with zero attached hydrogens (tertiary/aromatic N) is 2. The summed E-state index contributed by atoms with van der Waals surface area (Å²) >= 11 is 0. The number of hydrogen-bond donors (Lipinski definition) is 2. The Balaban J connectivity index is 2.48. The van der Waals surface area contributed by atoms with Gasteiger partial charge in [0.25, 0.3) is 0 Å². The zero-order valence-corrected chi connectivity index (χ0v) is 12.1. The molecule has 0 fully saturated rings. The quantitative estimate of drug-likeness (QED) is 0.592. The van der Waals surface area contributed by atoms with Crippen LogP contribution in [0.4, 0.5) is 0 Å². The van der Waals surface area contributed by atoms with Crippen LogP contribution in [0.3, 0.4) is 0 Å². The second kappa shape index (κ2) is 7.98. The predicted molar refractivity (Wildman–Crippen MR) is 70.8 cm³/mol. The van der Waals surface area contributed by atoms with E-state index in [0.29, 0.717) is 19.6 Å². The van der Waals surface area contributed by atoms with Crippen molar-refractivity contribution in [2.45, 2.75) is 30.7 Å². The molecule has 1 heterocycles. The van der Waals surface area contributed by atoms with E-state index in [2.05, 4.69) is 9.82 Å². The fraction of sp³-hybridized carbons (Fsp3) is 0.636. The molecular weight excluding hydrogens is 286 g/mol. The fourth-order valence-corrected chi connectivity index (χ4v) is 2.50. The smallest absolute Gasteiger partial charge is 0.305 e. The Morgan fingerprint density at radius 3 is 2.90 bits per heavy atom. The maximum Gasteiger partial charge on any atom is 0.305 e. The zero-order valence-electron chi connectivity index (χ0n) is 11.3. The molecule has 9 heteroatoms. The van der Waals surface area contributed by atoms with Crippen LogP contribution < -0.4 is 4.72 Å². The van der Waals surface area contributed by atoms with Gasteiger partial charge in [-0.2, -0.15) is 5.10 Å². The molecule has 1 aromatic rings. The van der Waals surface area contributed by atoms with Crippen LogP contribution in [0.1, 0.15) is 19.3 Å². The van der Waals surface area contributed by atoms with E-state index in [4.69, 9.17) is 9.84 Å².